The van der Waals surface area contributed by atoms with E-state index in [-0.39, 0.29) is 11.8 Å². The first-order chi connectivity index (χ1) is 11.0. The second-order valence-corrected chi connectivity index (χ2v) is 8.46. The van der Waals surface area contributed by atoms with Crippen LogP contribution in [0, 0.1) is 6.92 Å². The minimum Gasteiger partial charge on any atom is -0.461 e. The van der Waals surface area contributed by atoms with Crippen LogP contribution in [0.2, 0.25) is 0 Å². The Morgan fingerprint density at radius 2 is 2.09 bits per heavy atom. The maximum atomic E-state index is 11.7. The van der Waals surface area contributed by atoms with Gasteiger partial charge in [-0.2, -0.15) is 0 Å². The molecule has 0 amide bonds. The molecule has 2 heterocycles. The molecule has 0 bridgehead atoms. The standard InChI is InChI=1S/C18H23NO3S/c1-3-19(17-9-10-23(20,21)13-17)12-15-5-4-6-16(11-15)18-8-7-14(2)22-18/h4-8,11,17H,3,9-10,12-13H2,1-2H3. The molecule has 0 N–H and O–H groups in total. The number of benzene rings is 1. The predicted octanol–water partition coefficient (Wildman–Crippen LogP) is 3.26. The highest BCUT2D eigenvalue weighted by molar-refractivity contribution is 7.91. The lowest BCUT2D eigenvalue weighted by molar-refractivity contribution is 0.215. The zero-order valence-corrected chi connectivity index (χ0v) is 14.5. The molecule has 1 aliphatic rings. The molecule has 1 aromatic heterocycles. The summed E-state index contributed by atoms with van der Waals surface area (Å²) in [5, 5.41) is 0. The second kappa shape index (κ2) is 6.49. The van der Waals surface area contributed by atoms with E-state index in [9.17, 15) is 8.42 Å². The molecule has 1 fully saturated rings. The number of rotatable bonds is 5. The third-order valence-electron chi connectivity index (χ3n) is 4.47. The Bertz CT molecular complexity index is 779. The predicted molar refractivity (Wildman–Crippen MR) is 92.0 cm³/mol. The SMILES string of the molecule is CCN(Cc1cccc(-c2ccc(C)o2)c1)C1CCS(=O)(=O)C1. The monoisotopic (exact) mass is 333 g/mol. The molecule has 124 valence electrons. The van der Waals surface area contributed by atoms with E-state index in [2.05, 4.69) is 24.0 Å². The number of nitrogens with zero attached hydrogens (tertiary/aromatic N) is 1. The maximum Gasteiger partial charge on any atom is 0.151 e. The molecule has 1 unspecified atom stereocenters. The molecular formula is C18H23NO3S. The van der Waals surface area contributed by atoms with Crippen LogP contribution in [0.1, 0.15) is 24.7 Å². The largest absolute Gasteiger partial charge is 0.461 e. The maximum absolute atomic E-state index is 11.7. The van der Waals surface area contributed by atoms with Crippen LogP contribution < -0.4 is 0 Å². The molecule has 0 spiro atoms. The van der Waals surface area contributed by atoms with E-state index in [0.29, 0.717) is 5.75 Å². The first-order valence-corrected chi connectivity index (χ1v) is 9.89. The minimum atomic E-state index is -2.85. The first kappa shape index (κ1) is 16.3. The highest BCUT2D eigenvalue weighted by Gasteiger charge is 2.31. The highest BCUT2D eigenvalue weighted by atomic mass is 32.2. The lowest BCUT2D eigenvalue weighted by atomic mass is 10.1. The van der Waals surface area contributed by atoms with Gasteiger partial charge in [0.05, 0.1) is 11.5 Å². The van der Waals surface area contributed by atoms with Crippen molar-refractivity contribution in [3.05, 3.63) is 47.7 Å². The zero-order chi connectivity index (χ0) is 16.4. The van der Waals surface area contributed by atoms with Crippen molar-refractivity contribution in [2.24, 2.45) is 0 Å². The molecule has 1 saturated heterocycles. The number of furan rings is 1. The molecule has 0 saturated carbocycles. The summed E-state index contributed by atoms with van der Waals surface area (Å²) in [5.74, 6) is 2.38. The van der Waals surface area contributed by atoms with Gasteiger partial charge in [0.2, 0.25) is 0 Å². The molecule has 2 aromatic rings. The van der Waals surface area contributed by atoms with E-state index in [1.54, 1.807) is 0 Å². The average Bonchev–Trinajstić information content (AvgIpc) is 3.11. The van der Waals surface area contributed by atoms with Crippen LogP contribution in [0.25, 0.3) is 11.3 Å². The van der Waals surface area contributed by atoms with Crippen LogP contribution in [0.15, 0.2) is 40.8 Å². The number of aryl methyl sites for hydroxylation is 1. The normalized spacial score (nSPS) is 20.2. The summed E-state index contributed by atoms with van der Waals surface area (Å²) in [6.45, 7) is 5.64. The molecule has 3 rings (SSSR count). The van der Waals surface area contributed by atoms with Crippen molar-refractivity contribution in [3.63, 3.8) is 0 Å². The summed E-state index contributed by atoms with van der Waals surface area (Å²) < 4.78 is 29.1. The van der Waals surface area contributed by atoms with Crippen LogP contribution >= 0.6 is 0 Å². The van der Waals surface area contributed by atoms with Crippen molar-refractivity contribution in [1.82, 2.24) is 4.90 Å². The van der Waals surface area contributed by atoms with Crippen molar-refractivity contribution in [1.29, 1.82) is 0 Å². The Labute approximate surface area is 138 Å². The Balaban J connectivity index is 1.76. The molecule has 1 atom stereocenters. The first-order valence-electron chi connectivity index (χ1n) is 8.07. The van der Waals surface area contributed by atoms with Crippen LogP contribution in [0.4, 0.5) is 0 Å². The fourth-order valence-electron chi connectivity index (χ4n) is 3.21. The van der Waals surface area contributed by atoms with E-state index < -0.39 is 9.84 Å². The Morgan fingerprint density at radius 1 is 1.26 bits per heavy atom. The summed E-state index contributed by atoms with van der Waals surface area (Å²) in [5.41, 5.74) is 2.24. The third kappa shape index (κ3) is 3.85. The molecule has 23 heavy (non-hydrogen) atoms. The van der Waals surface area contributed by atoms with E-state index in [4.69, 9.17) is 4.42 Å². The molecule has 1 aromatic carbocycles. The highest BCUT2D eigenvalue weighted by Crippen LogP contribution is 2.25. The van der Waals surface area contributed by atoms with Gasteiger partial charge in [0, 0.05) is 18.2 Å². The van der Waals surface area contributed by atoms with Gasteiger partial charge in [0.15, 0.2) is 9.84 Å². The topological polar surface area (TPSA) is 50.5 Å². The van der Waals surface area contributed by atoms with E-state index in [1.165, 1.54) is 5.56 Å². The van der Waals surface area contributed by atoms with Crippen molar-refractivity contribution < 1.29 is 12.8 Å². The number of sulfone groups is 1. The fraction of sp³-hybridized carbons (Fsp3) is 0.444. The van der Waals surface area contributed by atoms with Crippen LogP contribution in [0.3, 0.4) is 0 Å². The van der Waals surface area contributed by atoms with Gasteiger partial charge in [-0.3, -0.25) is 4.90 Å². The van der Waals surface area contributed by atoms with Crippen LogP contribution in [-0.2, 0) is 16.4 Å². The summed E-state index contributed by atoms with van der Waals surface area (Å²) in [6, 6.07) is 12.4. The Hall–Kier alpha value is -1.59. The van der Waals surface area contributed by atoms with Crippen molar-refractivity contribution in [2.45, 2.75) is 32.9 Å². The summed E-state index contributed by atoms with van der Waals surface area (Å²) in [4.78, 5) is 2.26. The van der Waals surface area contributed by atoms with Crippen molar-refractivity contribution in [2.75, 3.05) is 18.1 Å². The molecular weight excluding hydrogens is 310 g/mol. The molecule has 5 heteroatoms. The van der Waals surface area contributed by atoms with Gasteiger partial charge in [-0.15, -0.1) is 0 Å². The van der Waals surface area contributed by atoms with Crippen molar-refractivity contribution in [3.8, 4) is 11.3 Å². The quantitative estimate of drug-likeness (QED) is 0.843. The lowest BCUT2D eigenvalue weighted by Gasteiger charge is -2.26. The van der Waals surface area contributed by atoms with E-state index >= 15 is 0 Å². The molecule has 0 aliphatic carbocycles. The van der Waals surface area contributed by atoms with Gasteiger partial charge < -0.3 is 4.42 Å². The molecule has 1 aliphatic heterocycles. The summed E-state index contributed by atoms with van der Waals surface area (Å²) in [7, 11) is -2.85. The van der Waals surface area contributed by atoms with Gasteiger partial charge in [-0.1, -0.05) is 25.1 Å². The summed E-state index contributed by atoms with van der Waals surface area (Å²) in [6.07, 6.45) is 0.743. The smallest absolute Gasteiger partial charge is 0.151 e. The Morgan fingerprint density at radius 3 is 2.70 bits per heavy atom. The van der Waals surface area contributed by atoms with E-state index in [0.717, 1.165) is 36.6 Å². The third-order valence-corrected chi connectivity index (χ3v) is 6.22. The molecule has 0 radical (unpaired) electrons. The summed E-state index contributed by atoms with van der Waals surface area (Å²) >= 11 is 0. The van der Waals surface area contributed by atoms with Gasteiger partial charge in [-0.05, 0) is 43.7 Å². The minimum absolute atomic E-state index is 0.138. The van der Waals surface area contributed by atoms with Gasteiger partial charge in [0.25, 0.3) is 0 Å². The van der Waals surface area contributed by atoms with Gasteiger partial charge in [-0.25, -0.2) is 8.42 Å². The second-order valence-electron chi connectivity index (χ2n) is 6.23. The zero-order valence-electron chi connectivity index (χ0n) is 13.7. The fourth-order valence-corrected chi connectivity index (χ4v) is 4.97. The number of hydrogen-bond acceptors (Lipinski definition) is 4. The average molecular weight is 333 g/mol. The lowest BCUT2D eigenvalue weighted by Crippen LogP contribution is -2.35. The number of hydrogen-bond donors (Lipinski definition) is 0. The van der Waals surface area contributed by atoms with E-state index in [1.807, 2.05) is 31.2 Å². The van der Waals surface area contributed by atoms with Crippen LogP contribution in [-0.4, -0.2) is 37.4 Å². The van der Waals surface area contributed by atoms with Crippen molar-refractivity contribution >= 4 is 9.84 Å². The van der Waals surface area contributed by atoms with Gasteiger partial charge in [0.1, 0.15) is 11.5 Å². The Kier molecular flexibility index (Phi) is 4.60. The molecule has 4 nitrogen and oxygen atoms in total. The van der Waals surface area contributed by atoms with Gasteiger partial charge >= 0.3 is 0 Å². The van der Waals surface area contributed by atoms with Crippen LogP contribution in [0.5, 0.6) is 0 Å².